The van der Waals surface area contributed by atoms with Gasteiger partial charge in [0, 0.05) is 36.1 Å². The molecule has 0 saturated carbocycles. The lowest BCUT2D eigenvalue weighted by Gasteiger charge is -2.10. The van der Waals surface area contributed by atoms with E-state index >= 15 is 0 Å². The Morgan fingerprint density at radius 2 is 1.97 bits per heavy atom. The third-order valence-corrected chi connectivity index (χ3v) is 4.32. The number of amides is 1. The number of nitrogens with zero attached hydrogens (tertiary/aromatic N) is 4. The van der Waals surface area contributed by atoms with Crippen molar-refractivity contribution < 1.29 is 9.53 Å². The van der Waals surface area contributed by atoms with Crippen molar-refractivity contribution in [1.29, 1.82) is 0 Å². The van der Waals surface area contributed by atoms with Crippen LogP contribution in [0.15, 0.2) is 66.9 Å². The third kappa shape index (κ3) is 4.52. The lowest BCUT2D eigenvalue weighted by molar-refractivity contribution is 0.102. The van der Waals surface area contributed by atoms with Crippen LogP contribution in [-0.4, -0.2) is 33.8 Å². The quantitative estimate of drug-likeness (QED) is 0.407. The first-order chi connectivity index (χ1) is 14.0. The Balaban J connectivity index is 1.84. The van der Waals surface area contributed by atoms with Crippen LogP contribution in [0.3, 0.4) is 0 Å². The fourth-order valence-corrected chi connectivity index (χ4v) is 2.80. The molecular formula is C22H21N5O2. The molecule has 0 aliphatic rings. The Hall–Kier alpha value is -3.87. The van der Waals surface area contributed by atoms with Crippen LogP contribution in [0.1, 0.15) is 27.0 Å². The van der Waals surface area contributed by atoms with Crippen molar-refractivity contribution in [2.45, 2.75) is 13.8 Å². The van der Waals surface area contributed by atoms with Crippen LogP contribution in [0, 0.1) is 13.8 Å². The molecular weight excluding hydrogens is 366 g/mol. The van der Waals surface area contributed by atoms with Crippen molar-refractivity contribution >= 4 is 17.6 Å². The molecule has 0 fully saturated rings. The standard InChI is InChI=1S/C22H21N5O2/c1-5-29-22(23-4)16-7-6-14(2)18(10-16)19-12-26-20(13-25-19)27-21(28)17-8-9-24-11-15(17)3/h5-13H,1H2,2-4H3,(H,26,27,28). The van der Waals surface area contributed by atoms with E-state index in [4.69, 9.17) is 4.74 Å². The molecule has 0 spiro atoms. The van der Waals surface area contributed by atoms with Crippen molar-refractivity contribution in [1.82, 2.24) is 15.0 Å². The van der Waals surface area contributed by atoms with Gasteiger partial charge >= 0.3 is 0 Å². The Labute approximate surface area is 169 Å². The van der Waals surface area contributed by atoms with Gasteiger partial charge in [-0.3, -0.25) is 19.8 Å². The zero-order chi connectivity index (χ0) is 20.8. The van der Waals surface area contributed by atoms with Crippen LogP contribution in [0.4, 0.5) is 5.82 Å². The van der Waals surface area contributed by atoms with E-state index in [0.29, 0.717) is 23.0 Å². The van der Waals surface area contributed by atoms with Crippen LogP contribution in [0.2, 0.25) is 0 Å². The zero-order valence-corrected chi connectivity index (χ0v) is 16.5. The highest BCUT2D eigenvalue weighted by Gasteiger charge is 2.12. The lowest BCUT2D eigenvalue weighted by Crippen LogP contribution is -2.14. The number of benzene rings is 1. The molecule has 0 bridgehead atoms. The summed E-state index contributed by atoms with van der Waals surface area (Å²) >= 11 is 0. The number of carbonyl (C=O) groups is 1. The largest absolute Gasteiger partial charge is 0.447 e. The number of aryl methyl sites for hydroxylation is 2. The molecule has 7 nitrogen and oxygen atoms in total. The van der Waals surface area contributed by atoms with Gasteiger partial charge in [-0.25, -0.2) is 4.98 Å². The lowest BCUT2D eigenvalue weighted by atomic mass is 10.0. The molecule has 0 unspecified atom stereocenters. The second kappa shape index (κ2) is 8.88. The highest BCUT2D eigenvalue weighted by Crippen LogP contribution is 2.23. The van der Waals surface area contributed by atoms with E-state index < -0.39 is 0 Å². The minimum atomic E-state index is -0.254. The molecule has 0 aliphatic heterocycles. The summed E-state index contributed by atoms with van der Waals surface area (Å²) in [7, 11) is 1.65. The summed E-state index contributed by atoms with van der Waals surface area (Å²) in [6, 6.07) is 7.49. The van der Waals surface area contributed by atoms with Gasteiger partial charge in [0.25, 0.3) is 5.91 Å². The molecule has 0 atom stereocenters. The first-order valence-corrected chi connectivity index (χ1v) is 8.93. The van der Waals surface area contributed by atoms with Crippen LogP contribution in [0.25, 0.3) is 11.3 Å². The van der Waals surface area contributed by atoms with Gasteiger partial charge in [0.2, 0.25) is 5.90 Å². The Morgan fingerprint density at radius 1 is 1.14 bits per heavy atom. The molecule has 7 heteroatoms. The second-order valence-corrected chi connectivity index (χ2v) is 6.27. The van der Waals surface area contributed by atoms with E-state index in [0.717, 1.165) is 22.3 Å². The minimum absolute atomic E-state index is 0.254. The molecule has 1 N–H and O–H groups in total. The van der Waals surface area contributed by atoms with Gasteiger partial charge < -0.3 is 10.1 Å². The maximum absolute atomic E-state index is 12.4. The second-order valence-electron chi connectivity index (χ2n) is 6.27. The number of nitrogens with one attached hydrogen (secondary N) is 1. The molecule has 0 aliphatic carbocycles. The van der Waals surface area contributed by atoms with Crippen LogP contribution in [0.5, 0.6) is 0 Å². The van der Waals surface area contributed by atoms with E-state index in [1.807, 2.05) is 32.0 Å². The average molecular weight is 387 g/mol. The molecule has 2 heterocycles. The van der Waals surface area contributed by atoms with Gasteiger partial charge in [-0.05, 0) is 43.2 Å². The van der Waals surface area contributed by atoms with E-state index in [-0.39, 0.29) is 5.91 Å². The summed E-state index contributed by atoms with van der Waals surface area (Å²) in [5.74, 6) is 0.580. The number of aliphatic imine (C=N–C) groups is 1. The van der Waals surface area contributed by atoms with Crippen LogP contribution in [-0.2, 0) is 4.74 Å². The van der Waals surface area contributed by atoms with Gasteiger partial charge in [-0.15, -0.1) is 0 Å². The highest BCUT2D eigenvalue weighted by molar-refractivity contribution is 6.04. The molecule has 1 amide bonds. The summed E-state index contributed by atoms with van der Waals surface area (Å²) in [5, 5.41) is 2.76. The Bertz CT molecular complexity index is 1070. The van der Waals surface area contributed by atoms with E-state index in [1.165, 1.54) is 12.5 Å². The molecule has 29 heavy (non-hydrogen) atoms. The molecule has 0 radical (unpaired) electrons. The monoisotopic (exact) mass is 387 g/mol. The van der Waals surface area contributed by atoms with Crippen molar-refractivity contribution in [2.24, 2.45) is 4.99 Å². The van der Waals surface area contributed by atoms with Gasteiger partial charge in [0.1, 0.15) is 0 Å². The van der Waals surface area contributed by atoms with E-state index in [9.17, 15) is 4.79 Å². The summed E-state index contributed by atoms with van der Waals surface area (Å²) in [6.07, 6.45) is 7.71. The summed E-state index contributed by atoms with van der Waals surface area (Å²) in [6.45, 7) is 7.38. The highest BCUT2D eigenvalue weighted by atomic mass is 16.5. The predicted octanol–water partition coefficient (Wildman–Crippen LogP) is 3.94. The molecule has 146 valence electrons. The molecule has 3 rings (SSSR count). The fourth-order valence-electron chi connectivity index (χ4n) is 2.80. The first-order valence-electron chi connectivity index (χ1n) is 8.93. The SMILES string of the molecule is C=COC(=NC)c1ccc(C)c(-c2cnc(NC(=O)c3ccncc3C)cn2)c1. The summed E-state index contributed by atoms with van der Waals surface area (Å²) in [5.41, 5.74) is 4.74. The van der Waals surface area contributed by atoms with Gasteiger partial charge in [-0.2, -0.15) is 0 Å². The number of hydrogen-bond donors (Lipinski definition) is 1. The fraction of sp³-hybridized carbons (Fsp3) is 0.136. The molecule has 0 saturated heterocycles. The van der Waals surface area contributed by atoms with Crippen LogP contribution < -0.4 is 5.32 Å². The summed E-state index contributed by atoms with van der Waals surface area (Å²) < 4.78 is 5.35. The summed E-state index contributed by atoms with van der Waals surface area (Å²) in [4.78, 5) is 29.3. The number of hydrogen-bond acceptors (Lipinski definition) is 6. The minimum Gasteiger partial charge on any atom is -0.447 e. The van der Waals surface area contributed by atoms with Crippen molar-refractivity contribution in [3.05, 3.63) is 84.1 Å². The van der Waals surface area contributed by atoms with Gasteiger partial charge in [0.15, 0.2) is 5.82 Å². The maximum Gasteiger partial charge on any atom is 0.257 e. The zero-order valence-electron chi connectivity index (χ0n) is 16.5. The number of ether oxygens (including phenoxy) is 1. The average Bonchev–Trinajstić information content (AvgIpc) is 2.73. The Morgan fingerprint density at radius 3 is 2.62 bits per heavy atom. The molecule has 1 aromatic carbocycles. The maximum atomic E-state index is 12.4. The number of anilines is 1. The van der Waals surface area contributed by atoms with Crippen LogP contribution >= 0.6 is 0 Å². The normalized spacial score (nSPS) is 11.1. The first kappa shape index (κ1) is 19.9. The Kier molecular flexibility index (Phi) is 6.09. The number of pyridine rings is 1. The number of carbonyl (C=O) groups excluding carboxylic acids is 1. The van der Waals surface area contributed by atoms with Crippen molar-refractivity contribution in [2.75, 3.05) is 12.4 Å². The predicted molar refractivity (Wildman–Crippen MR) is 113 cm³/mol. The van der Waals surface area contributed by atoms with Gasteiger partial charge in [-0.1, -0.05) is 12.6 Å². The van der Waals surface area contributed by atoms with Crippen molar-refractivity contribution in [3.8, 4) is 11.3 Å². The topological polar surface area (TPSA) is 89.4 Å². The number of rotatable bonds is 5. The smallest absolute Gasteiger partial charge is 0.257 e. The third-order valence-electron chi connectivity index (χ3n) is 4.32. The molecule has 3 aromatic rings. The van der Waals surface area contributed by atoms with E-state index in [2.05, 4.69) is 31.8 Å². The van der Waals surface area contributed by atoms with E-state index in [1.54, 1.807) is 31.7 Å². The number of aromatic nitrogens is 3. The molecule has 2 aromatic heterocycles. The van der Waals surface area contributed by atoms with Gasteiger partial charge in [0.05, 0.1) is 24.3 Å². The van der Waals surface area contributed by atoms with Crippen molar-refractivity contribution in [3.63, 3.8) is 0 Å².